The fraction of sp³-hybridized carbons (Fsp3) is 0.483. The number of nitrogens with zero attached hydrogens (tertiary/aromatic N) is 1. The molecule has 0 aromatic heterocycles. The lowest BCUT2D eigenvalue weighted by molar-refractivity contribution is -0.141. The third-order valence-corrected chi connectivity index (χ3v) is 6.48. The first-order valence-electron chi connectivity index (χ1n) is 12.6. The lowest BCUT2D eigenvalue weighted by atomic mass is 9.93. The maximum Gasteiger partial charge on any atom is 0.408 e. The fourth-order valence-electron chi connectivity index (χ4n) is 4.48. The largest absolute Gasteiger partial charge is 0.497 e. The maximum absolute atomic E-state index is 13.9. The molecule has 4 unspecified atom stereocenters. The second kappa shape index (κ2) is 11.2. The Hall–Kier alpha value is -3.55. The van der Waals surface area contributed by atoms with E-state index in [-0.39, 0.29) is 23.8 Å². The highest BCUT2D eigenvalue weighted by molar-refractivity contribution is 5.99. The van der Waals surface area contributed by atoms with Crippen LogP contribution in [0.1, 0.15) is 63.8 Å². The van der Waals surface area contributed by atoms with Crippen LogP contribution in [0.2, 0.25) is 0 Å². The molecule has 8 heteroatoms. The van der Waals surface area contributed by atoms with Crippen molar-refractivity contribution in [1.29, 1.82) is 0 Å². The van der Waals surface area contributed by atoms with Crippen LogP contribution in [0.3, 0.4) is 0 Å². The van der Waals surface area contributed by atoms with Crippen molar-refractivity contribution in [1.82, 2.24) is 10.2 Å². The van der Waals surface area contributed by atoms with Crippen LogP contribution in [0.15, 0.2) is 42.5 Å². The highest BCUT2D eigenvalue weighted by Crippen LogP contribution is 2.42. The summed E-state index contributed by atoms with van der Waals surface area (Å²) in [5.41, 5.74) is 2.50. The van der Waals surface area contributed by atoms with E-state index in [9.17, 15) is 14.4 Å². The quantitative estimate of drug-likeness (QED) is 0.514. The Labute approximate surface area is 219 Å². The van der Waals surface area contributed by atoms with Gasteiger partial charge in [0, 0.05) is 11.7 Å². The van der Waals surface area contributed by atoms with Gasteiger partial charge in [-0.3, -0.25) is 9.59 Å². The molecule has 1 aliphatic rings. The van der Waals surface area contributed by atoms with Crippen LogP contribution in [-0.4, -0.2) is 47.6 Å². The second-order valence-corrected chi connectivity index (χ2v) is 10.8. The molecule has 200 valence electrons. The van der Waals surface area contributed by atoms with Crippen molar-refractivity contribution in [3.05, 3.63) is 59.2 Å². The van der Waals surface area contributed by atoms with Crippen molar-refractivity contribution in [3.63, 3.8) is 0 Å². The number of aryl methyl sites for hydroxylation is 2. The smallest absolute Gasteiger partial charge is 0.408 e. The molecular formula is C29H39N3O5. The van der Waals surface area contributed by atoms with Crippen molar-refractivity contribution < 1.29 is 23.9 Å². The predicted octanol–water partition coefficient (Wildman–Crippen LogP) is 5.14. The lowest BCUT2D eigenvalue weighted by Gasteiger charge is -2.35. The molecule has 0 radical (unpaired) electrons. The number of alkyl carbamates (subject to hydrolysis) is 1. The lowest BCUT2D eigenvalue weighted by Crippen LogP contribution is -2.52. The molecular weight excluding hydrogens is 470 g/mol. The molecule has 4 atom stereocenters. The van der Waals surface area contributed by atoms with Gasteiger partial charge in [0.15, 0.2) is 0 Å². The van der Waals surface area contributed by atoms with Gasteiger partial charge in [-0.2, -0.15) is 0 Å². The first-order valence-corrected chi connectivity index (χ1v) is 12.6. The highest BCUT2D eigenvalue weighted by Gasteiger charge is 2.48. The average Bonchev–Trinajstić information content (AvgIpc) is 3.52. The molecule has 3 amide bonds. The van der Waals surface area contributed by atoms with Crippen LogP contribution in [0, 0.1) is 19.8 Å². The van der Waals surface area contributed by atoms with Crippen LogP contribution in [0.5, 0.6) is 5.75 Å². The van der Waals surface area contributed by atoms with E-state index in [4.69, 9.17) is 9.47 Å². The third-order valence-electron chi connectivity index (χ3n) is 6.48. The van der Waals surface area contributed by atoms with Gasteiger partial charge < -0.3 is 25.0 Å². The standard InChI is InChI=1S/C29H39N3O5/c1-17-10-9-11-18(2)24(17)25(26(33)31-21-12-14-22(36-8)15-13-21)32(23-16-19(23)3)27(34)20(4)30-28(35)37-29(5,6)7/h9-15,19-20,23,25H,16H2,1-8H3,(H,30,35)(H,31,33). The molecule has 1 saturated carbocycles. The Morgan fingerprint density at radius 1 is 1.03 bits per heavy atom. The van der Waals surface area contributed by atoms with Crippen LogP contribution >= 0.6 is 0 Å². The molecule has 37 heavy (non-hydrogen) atoms. The zero-order valence-corrected chi connectivity index (χ0v) is 23.0. The van der Waals surface area contributed by atoms with Crippen molar-refractivity contribution in [2.24, 2.45) is 5.92 Å². The normalized spacial score (nSPS) is 18.3. The van der Waals surface area contributed by atoms with E-state index in [1.54, 1.807) is 64.0 Å². The van der Waals surface area contributed by atoms with E-state index in [1.807, 2.05) is 32.0 Å². The number of ether oxygens (including phenoxy) is 2. The minimum atomic E-state index is -0.886. The summed E-state index contributed by atoms with van der Waals surface area (Å²) in [5.74, 6) is 0.255. The van der Waals surface area contributed by atoms with Gasteiger partial charge in [-0.15, -0.1) is 0 Å². The third kappa shape index (κ3) is 7.02. The fourth-order valence-corrected chi connectivity index (χ4v) is 4.48. The molecule has 0 heterocycles. The zero-order chi connectivity index (χ0) is 27.5. The molecule has 2 N–H and O–H groups in total. The van der Waals surface area contributed by atoms with E-state index >= 15 is 0 Å². The minimum absolute atomic E-state index is 0.124. The molecule has 0 spiro atoms. The highest BCUT2D eigenvalue weighted by atomic mass is 16.6. The Morgan fingerprint density at radius 2 is 1.59 bits per heavy atom. The van der Waals surface area contributed by atoms with Crippen LogP contribution in [-0.2, 0) is 14.3 Å². The summed E-state index contributed by atoms with van der Waals surface area (Å²) >= 11 is 0. The second-order valence-electron chi connectivity index (χ2n) is 10.8. The average molecular weight is 510 g/mol. The SMILES string of the molecule is COc1ccc(NC(=O)C(c2c(C)cccc2C)N(C(=O)C(C)NC(=O)OC(C)(C)C)C2CC2C)cc1. The molecule has 1 aliphatic carbocycles. The predicted molar refractivity (Wildman–Crippen MR) is 144 cm³/mol. The van der Waals surface area contributed by atoms with Gasteiger partial charge in [-0.25, -0.2) is 4.79 Å². The van der Waals surface area contributed by atoms with Gasteiger partial charge in [0.25, 0.3) is 5.91 Å². The number of anilines is 1. The molecule has 8 nitrogen and oxygen atoms in total. The van der Waals surface area contributed by atoms with E-state index in [2.05, 4.69) is 17.6 Å². The Bertz CT molecular complexity index is 1120. The van der Waals surface area contributed by atoms with Crippen LogP contribution in [0.4, 0.5) is 10.5 Å². The van der Waals surface area contributed by atoms with Crippen molar-refractivity contribution in [2.45, 2.75) is 78.6 Å². The van der Waals surface area contributed by atoms with Gasteiger partial charge in [0.1, 0.15) is 23.4 Å². The van der Waals surface area contributed by atoms with E-state index in [0.717, 1.165) is 23.1 Å². The Morgan fingerprint density at radius 3 is 2.08 bits per heavy atom. The van der Waals surface area contributed by atoms with Gasteiger partial charge in [0.2, 0.25) is 5.91 Å². The minimum Gasteiger partial charge on any atom is -0.497 e. The molecule has 1 fully saturated rings. The molecule has 0 saturated heterocycles. The van der Waals surface area contributed by atoms with Crippen LogP contribution in [0.25, 0.3) is 0 Å². The topological polar surface area (TPSA) is 97.0 Å². The van der Waals surface area contributed by atoms with Gasteiger partial charge >= 0.3 is 6.09 Å². The number of carbonyl (C=O) groups excluding carboxylic acids is 3. The number of hydrogen-bond donors (Lipinski definition) is 2. The van der Waals surface area contributed by atoms with Crippen molar-refractivity contribution in [3.8, 4) is 5.75 Å². The summed E-state index contributed by atoms with van der Waals surface area (Å²) in [7, 11) is 1.58. The summed E-state index contributed by atoms with van der Waals surface area (Å²) < 4.78 is 10.6. The van der Waals surface area contributed by atoms with Gasteiger partial charge in [-0.05, 0) is 94.8 Å². The summed E-state index contributed by atoms with van der Waals surface area (Å²) in [6.45, 7) is 12.8. The van der Waals surface area contributed by atoms with Gasteiger partial charge in [0.05, 0.1) is 7.11 Å². The zero-order valence-electron chi connectivity index (χ0n) is 23.0. The monoisotopic (exact) mass is 509 g/mol. The Kier molecular flexibility index (Phi) is 8.51. The number of carbonyl (C=O) groups is 3. The molecule has 2 aromatic carbocycles. The summed E-state index contributed by atoms with van der Waals surface area (Å²) in [6.07, 6.45) is 0.103. The molecule has 2 aromatic rings. The molecule has 0 aliphatic heterocycles. The number of methoxy groups -OCH3 is 1. The van der Waals surface area contributed by atoms with E-state index in [1.165, 1.54) is 0 Å². The van der Waals surface area contributed by atoms with Gasteiger partial charge in [-0.1, -0.05) is 25.1 Å². The van der Waals surface area contributed by atoms with E-state index in [0.29, 0.717) is 11.4 Å². The summed E-state index contributed by atoms with van der Waals surface area (Å²) in [5, 5.41) is 5.64. The molecule has 0 bridgehead atoms. The first-order chi connectivity index (χ1) is 17.3. The van der Waals surface area contributed by atoms with Crippen LogP contribution < -0.4 is 15.4 Å². The summed E-state index contributed by atoms with van der Waals surface area (Å²) in [4.78, 5) is 41.9. The number of nitrogens with one attached hydrogen (secondary N) is 2. The number of benzene rings is 2. The molecule has 3 rings (SSSR count). The summed E-state index contributed by atoms with van der Waals surface area (Å²) in [6, 6.07) is 11.0. The van der Waals surface area contributed by atoms with Crippen molar-refractivity contribution in [2.75, 3.05) is 12.4 Å². The van der Waals surface area contributed by atoms with E-state index < -0.39 is 23.8 Å². The number of hydrogen-bond acceptors (Lipinski definition) is 5. The first kappa shape index (κ1) is 28.0. The number of amides is 3. The Balaban J connectivity index is 1.99. The maximum atomic E-state index is 13.9. The number of rotatable bonds is 8. The van der Waals surface area contributed by atoms with Crippen molar-refractivity contribution >= 4 is 23.6 Å².